The van der Waals surface area contributed by atoms with Crippen molar-refractivity contribution in [3.8, 4) is 5.75 Å². The van der Waals surface area contributed by atoms with Gasteiger partial charge in [0.25, 0.3) is 5.91 Å². The van der Waals surface area contributed by atoms with E-state index in [2.05, 4.69) is 0 Å². The molecule has 3 aromatic rings. The molecular formula is C24H23NO5. The minimum atomic E-state index is -0.534. The summed E-state index contributed by atoms with van der Waals surface area (Å²) in [5.74, 6) is 0.529. The number of ether oxygens (including phenoxy) is 2. The molecule has 0 spiro atoms. The summed E-state index contributed by atoms with van der Waals surface area (Å²) in [6.07, 6.45) is 1.83. The zero-order chi connectivity index (χ0) is 20.8. The number of carbonyl (C=O) groups is 1. The number of fused-ring (bicyclic) bond motifs is 2. The van der Waals surface area contributed by atoms with E-state index < -0.39 is 6.04 Å². The largest absolute Gasteiger partial charge is 0.497 e. The number of hydrogen-bond donors (Lipinski definition) is 0. The second-order valence-electron chi connectivity index (χ2n) is 7.95. The zero-order valence-electron chi connectivity index (χ0n) is 17.0. The maximum Gasteiger partial charge on any atom is 0.291 e. The standard InChI is InChI=1S/C24H23NO5/c1-14-8-9-19-18(11-14)22(26)20-21(15-5-3-6-16(12-15)28-2)25(24(27)23(20)30-19)13-17-7-4-10-29-17/h3,5-6,8-9,11-12,17,21H,4,7,10,13H2,1-2H3. The first-order chi connectivity index (χ1) is 14.6. The lowest BCUT2D eigenvalue weighted by Crippen LogP contribution is -2.36. The van der Waals surface area contributed by atoms with Crippen molar-refractivity contribution in [2.75, 3.05) is 20.3 Å². The van der Waals surface area contributed by atoms with Crippen LogP contribution >= 0.6 is 0 Å². The predicted octanol–water partition coefficient (Wildman–Crippen LogP) is 3.83. The Hall–Kier alpha value is -3.12. The average Bonchev–Trinajstić information content (AvgIpc) is 3.36. The number of nitrogens with zero attached hydrogens (tertiary/aromatic N) is 1. The predicted molar refractivity (Wildman–Crippen MR) is 112 cm³/mol. The Labute approximate surface area is 174 Å². The molecule has 3 heterocycles. The van der Waals surface area contributed by atoms with Crippen LogP contribution in [0.3, 0.4) is 0 Å². The highest BCUT2D eigenvalue weighted by molar-refractivity contribution is 5.99. The van der Waals surface area contributed by atoms with Gasteiger partial charge >= 0.3 is 0 Å². The van der Waals surface area contributed by atoms with E-state index in [1.165, 1.54) is 0 Å². The molecule has 2 aromatic carbocycles. The van der Waals surface area contributed by atoms with Crippen LogP contribution in [0.25, 0.3) is 11.0 Å². The SMILES string of the molecule is COc1cccc(C2c3c(oc4ccc(C)cc4c3=O)C(=O)N2CC2CCCO2)c1. The molecule has 0 bridgehead atoms. The van der Waals surface area contributed by atoms with Crippen LogP contribution in [0.2, 0.25) is 0 Å². The molecule has 1 fully saturated rings. The number of carbonyl (C=O) groups excluding carboxylic acids is 1. The minimum Gasteiger partial charge on any atom is -0.497 e. The summed E-state index contributed by atoms with van der Waals surface area (Å²) in [6, 6.07) is 12.4. The summed E-state index contributed by atoms with van der Waals surface area (Å²) in [4.78, 5) is 28.6. The normalized spacial score (nSPS) is 20.7. The molecule has 0 N–H and O–H groups in total. The molecule has 30 heavy (non-hydrogen) atoms. The van der Waals surface area contributed by atoms with Crippen molar-refractivity contribution in [2.24, 2.45) is 0 Å². The first kappa shape index (κ1) is 18.9. The molecule has 6 heteroatoms. The third-order valence-corrected chi connectivity index (χ3v) is 5.96. The van der Waals surface area contributed by atoms with Crippen molar-refractivity contribution in [3.05, 3.63) is 75.1 Å². The Bertz CT molecular complexity index is 1190. The summed E-state index contributed by atoms with van der Waals surface area (Å²) in [5, 5.41) is 0.494. The van der Waals surface area contributed by atoms with Crippen LogP contribution < -0.4 is 10.2 Å². The van der Waals surface area contributed by atoms with E-state index in [1.807, 2.05) is 43.3 Å². The lowest BCUT2D eigenvalue weighted by molar-refractivity contribution is 0.0486. The second kappa shape index (κ2) is 7.29. The van der Waals surface area contributed by atoms with E-state index in [0.717, 1.165) is 24.0 Å². The Morgan fingerprint density at radius 3 is 2.80 bits per heavy atom. The van der Waals surface area contributed by atoms with Gasteiger partial charge in [-0.1, -0.05) is 23.8 Å². The number of rotatable bonds is 4. The Balaban J connectivity index is 1.71. The summed E-state index contributed by atoms with van der Waals surface area (Å²) >= 11 is 0. The second-order valence-corrected chi connectivity index (χ2v) is 7.95. The van der Waals surface area contributed by atoms with Crippen molar-refractivity contribution >= 4 is 16.9 Å². The number of hydrogen-bond acceptors (Lipinski definition) is 5. The van der Waals surface area contributed by atoms with Crippen LogP contribution in [0.15, 0.2) is 51.7 Å². The topological polar surface area (TPSA) is 69.0 Å². The quantitative estimate of drug-likeness (QED) is 0.660. The molecular weight excluding hydrogens is 382 g/mol. The molecule has 2 atom stereocenters. The molecule has 154 valence electrons. The third-order valence-electron chi connectivity index (χ3n) is 5.96. The number of amides is 1. The van der Waals surface area contributed by atoms with Gasteiger partial charge in [0.05, 0.1) is 30.2 Å². The van der Waals surface area contributed by atoms with Gasteiger partial charge in [-0.2, -0.15) is 0 Å². The minimum absolute atomic E-state index is 0.0388. The lowest BCUT2D eigenvalue weighted by Gasteiger charge is -2.27. The number of benzene rings is 2. The van der Waals surface area contributed by atoms with Crippen LogP contribution in [0.5, 0.6) is 5.75 Å². The molecule has 6 nitrogen and oxygen atoms in total. The molecule has 1 saturated heterocycles. The molecule has 0 aliphatic carbocycles. The number of methoxy groups -OCH3 is 1. The van der Waals surface area contributed by atoms with E-state index in [1.54, 1.807) is 18.1 Å². The van der Waals surface area contributed by atoms with E-state index in [0.29, 0.717) is 35.4 Å². The summed E-state index contributed by atoms with van der Waals surface area (Å²) in [7, 11) is 1.60. The van der Waals surface area contributed by atoms with Gasteiger partial charge in [0.2, 0.25) is 5.76 Å². The highest BCUT2D eigenvalue weighted by Gasteiger charge is 2.44. The van der Waals surface area contributed by atoms with E-state index >= 15 is 0 Å². The van der Waals surface area contributed by atoms with Gasteiger partial charge in [0.1, 0.15) is 11.3 Å². The van der Waals surface area contributed by atoms with E-state index in [9.17, 15) is 9.59 Å². The fraction of sp³-hybridized carbons (Fsp3) is 0.333. The van der Waals surface area contributed by atoms with Crippen LogP contribution in [0.1, 0.15) is 46.1 Å². The van der Waals surface area contributed by atoms with Crippen LogP contribution in [0.4, 0.5) is 0 Å². The molecule has 2 aliphatic heterocycles. The molecule has 1 amide bonds. The lowest BCUT2D eigenvalue weighted by atomic mass is 9.97. The average molecular weight is 405 g/mol. The van der Waals surface area contributed by atoms with E-state index in [4.69, 9.17) is 13.9 Å². The highest BCUT2D eigenvalue weighted by Crippen LogP contribution is 2.39. The summed E-state index contributed by atoms with van der Waals surface area (Å²) in [5.41, 5.74) is 2.45. The molecule has 0 saturated carbocycles. The van der Waals surface area contributed by atoms with Crippen molar-refractivity contribution in [2.45, 2.75) is 31.9 Å². The number of aryl methyl sites for hydroxylation is 1. The Morgan fingerprint density at radius 2 is 2.03 bits per heavy atom. The molecule has 5 rings (SSSR count). The van der Waals surface area contributed by atoms with Crippen molar-refractivity contribution in [3.63, 3.8) is 0 Å². The van der Waals surface area contributed by atoms with Crippen molar-refractivity contribution < 1.29 is 18.7 Å². The molecule has 2 unspecified atom stereocenters. The van der Waals surface area contributed by atoms with Crippen molar-refractivity contribution in [1.82, 2.24) is 4.90 Å². The molecule has 2 aliphatic rings. The van der Waals surface area contributed by atoms with Gasteiger partial charge in [-0.15, -0.1) is 0 Å². The fourth-order valence-electron chi connectivity index (χ4n) is 4.49. The first-order valence-corrected chi connectivity index (χ1v) is 10.2. The Kier molecular flexibility index (Phi) is 4.59. The third kappa shape index (κ3) is 2.99. The maximum absolute atomic E-state index is 13.5. The highest BCUT2D eigenvalue weighted by atomic mass is 16.5. The van der Waals surface area contributed by atoms with Crippen LogP contribution in [-0.2, 0) is 4.74 Å². The summed E-state index contributed by atoms with van der Waals surface area (Å²) < 4.78 is 17.2. The van der Waals surface area contributed by atoms with Crippen molar-refractivity contribution in [1.29, 1.82) is 0 Å². The van der Waals surface area contributed by atoms with Gasteiger partial charge in [0.15, 0.2) is 5.43 Å². The zero-order valence-corrected chi connectivity index (χ0v) is 17.0. The smallest absolute Gasteiger partial charge is 0.291 e. The van der Waals surface area contributed by atoms with Gasteiger partial charge in [-0.3, -0.25) is 9.59 Å². The van der Waals surface area contributed by atoms with Gasteiger partial charge in [-0.05, 0) is 49.6 Å². The first-order valence-electron chi connectivity index (χ1n) is 10.2. The fourth-order valence-corrected chi connectivity index (χ4v) is 4.49. The molecule has 0 radical (unpaired) electrons. The van der Waals surface area contributed by atoms with Crippen LogP contribution in [0, 0.1) is 6.92 Å². The summed E-state index contributed by atoms with van der Waals surface area (Å²) in [6.45, 7) is 3.05. The monoisotopic (exact) mass is 405 g/mol. The molecule has 1 aromatic heterocycles. The van der Waals surface area contributed by atoms with E-state index in [-0.39, 0.29) is 23.2 Å². The maximum atomic E-state index is 13.5. The Morgan fingerprint density at radius 1 is 1.17 bits per heavy atom. The van der Waals surface area contributed by atoms with Gasteiger partial charge in [-0.25, -0.2) is 0 Å². The van der Waals surface area contributed by atoms with Gasteiger partial charge < -0.3 is 18.8 Å². The van der Waals surface area contributed by atoms with Gasteiger partial charge in [0, 0.05) is 13.2 Å². The van der Waals surface area contributed by atoms with Crippen LogP contribution in [-0.4, -0.2) is 37.2 Å².